The maximum atomic E-state index is 6.19. The number of hydrogen-bond donors (Lipinski definition) is 1. The summed E-state index contributed by atoms with van der Waals surface area (Å²) in [5.74, 6) is 0. The van der Waals surface area contributed by atoms with Crippen LogP contribution in [0.25, 0.3) is 0 Å². The van der Waals surface area contributed by atoms with E-state index in [2.05, 4.69) is 34.1 Å². The molecule has 17 heavy (non-hydrogen) atoms. The maximum Gasteiger partial charge on any atom is 0.0701 e. The highest BCUT2D eigenvalue weighted by molar-refractivity contribution is 9.11. The monoisotopic (exact) mass is 329 g/mol. The minimum absolute atomic E-state index is 0.00125. The normalized spacial score (nSPS) is 12.7. The molecule has 1 unspecified atom stereocenters. The molecule has 2 rings (SSSR count). The SMILES string of the molecule is Cc1ccc(C(N)Cc2ccc(Br)s2)cc1Cl. The quantitative estimate of drug-likeness (QED) is 0.866. The highest BCUT2D eigenvalue weighted by Crippen LogP contribution is 2.27. The second kappa shape index (κ2) is 5.53. The predicted octanol–water partition coefficient (Wildman–Crippen LogP) is 4.71. The van der Waals surface area contributed by atoms with E-state index in [0.717, 1.165) is 26.4 Å². The molecule has 0 saturated heterocycles. The minimum Gasteiger partial charge on any atom is -0.324 e. The van der Waals surface area contributed by atoms with E-state index >= 15 is 0 Å². The molecule has 1 aromatic carbocycles. The fraction of sp³-hybridized carbons (Fsp3) is 0.231. The van der Waals surface area contributed by atoms with Gasteiger partial charge in [0.15, 0.2) is 0 Å². The van der Waals surface area contributed by atoms with Gasteiger partial charge < -0.3 is 5.73 Å². The Morgan fingerprint density at radius 3 is 2.71 bits per heavy atom. The lowest BCUT2D eigenvalue weighted by Crippen LogP contribution is -2.12. The topological polar surface area (TPSA) is 26.0 Å². The number of benzene rings is 1. The van der Waals surface area contributed by atoms with Crippen molar-refractivity contribution in [3.8, 4) is 0 Å². The molecule has 1 atom stereocenters. The van der Waals surface area contributed by atoms with Crippen molar-refractivity contribution in [1.82, 2.24) is 0 Å². The van der Waals surface area contributed by atoms with E-state index in [1.54, 1.807) is 11.3 Å². The minimum atomic E-state index is -0.00125. The van der Waals surface area contributed by atoms with Crippen LogP contribution in [0.4, 0.5) is 0 Å². The summed E-state index contributed by atoms with van der Waals surface area (Å²) in [6, 6.07) is 10.2. The number of hydrogen-bond acceptors (Lipinski definition) is 2. The third-order valence-electron chi connectivity index (χ3n) is 2.67. The Morgan fingerprint density at radius 2 is 2.12 bits per heavy atom. The molecule has 0 radical (unpaired) electrons. The standard InChI is InChI=1S/C13H13BrClNS/c1-8-2-3-9(6-11(8)15)12(16)7-10-4-5-13(14)17-10/h2-6,12H,7,16H2,1H3. The Kier molecular flexibility index (Phi) is 4.26. The van der Waals surface area contributed by atoms with Gasteiger partial charge in [0.1, 0.15) is 0 Å². The highest BCUT2D eigenvalue weighted by Gasteiger charge is 2.10. The van der Waals surface area contributed by atoms with Gasteiger partial charge in [0, 0.05) is 22.4 Å². The van der Waals surface area contributed by atoms with Gasteiger partial charge in [-0.2, -0.15) is 0 Å². The molecular formula is C13H13BrClNS. The first-order valence-electron chi connectivity index (χ1n) is 5.32. The number of thiophene rings is 1. The van der Waals surface area contributed by atoms with Crippen molar-refractivity contribution >= 4 is 38.9 Å². The first-order chi connectivity index (χ1) is 8.06. The van der Waals surface area contributed by atoms with E-state index in [-0.39, 0.29) is 6.04 Å². The zero-order chi connectivity index (χ0) is 12.4. The van der Waals surface area contributed by atoms with E-state index in [9.17, 15) is 0 Å². The molecule has 0 aliphatic heterocycles. The highest BCUT2D eigenvalue weighted by atomic mass is 79.9. The Labute approximate surface area is 119 Å². The molecule has 1 aromatic heterocycles. The third kappa shape index (κ3) is 3.32. The summed E-state index contributed by atoms with van der Waals surface area (Å²) < 4.78 is 1.14. The lowest BCUT2D eigenvalue weighted by atomic mass is 10.0. The summed E-state index contributed by atoms with van der Waals surface area (Å²) >= 11 is 11.3. The van der Waals surface area contributed by atoms with Gasteiger partial charge in [-0.3, -0.25) is 0 Å². The van der Waals surface area contributed by atoms with Crippen LogP contribution in [-0.2, 0) is 6.42 Å². The number of rotatable bonds is 3. The third-order valence-corrected chi connectivity index (χ3v) is 4.73. The predicted molar refractivity (Wildman–Crippen MR) is 78.8 cm³/mol. The van der Waals surface area contributed by atoms with Crippen LogP contribution in [0.15, 0.2) is 34.1 Å². The summed E-state index contributed by atoms with van der Waals surface area (Å²) in [5.41, 5.74) is 8.36. The first-order valence-corrected chi connectivity index (χ1v) is 7.31. The lowest BCUT2D eigenvalue weighted by molar-refractivity contribution is 0.730. The molecule has 0 aliphatic rings. The van der Waals surface area contributed by atoms with Gasteiger partial charge in [0.05, 0.1) is 3.79 Å². The number of halogens is 2. The van der Waals surface area contributed by atoms with E-state index < -0.39 is 0 Å². The second-order valence-electron chi connectivity index (χ2n) is 4.03. The molecule has 90 valence electrons. The van der Waals surface area contributed by atoms with Crippen LogP contribution >= 0.6 is 38.9 Å². The van der Waals surface area contributed by atoms with Gasteiger partial charge in [-0.1, -0.05) is 23.7 Å². The summed E-state index contributed by atoms with van der Waals surface area (Å²) in [4.78, 5) is 1.28. The van der Waals surface area contributed by atoms with E-state index in [0.29, 0.717) is 0 Å². The van der Waals surface area contributed by atoms with Crippen LogP contribution in [-0.4, -0.2) is 0 Å². The fourth-order valence-corrected chi connectivity index (χ4v) is 3.37. The zero-order valence-electron chi connectivity index (χ0n) is 9.41. The second-order valence-corrected chi connectivity index (χ2v) is 6.98. The molecule has 0 spiro atoms. The van der Waals surface area contributed by atoms with Crippen LogP contribution < -0.4 is 5.73 Å². The molecule has 0 aliphatic carbocycles. The molecule has 0 amide bonds. The van der Waals surface area contributed by atoms with Gasteiger partial charge in [-0.05, 0) is 52.2 Å². The molecular weight excluding hydrogens is 318 g/mol. The largest absolute Gasteiger partial charge is 0.324 e. The van der Waals surface area contributed by atoms with Crippen LogP contribution in [0.5, 0.6) is 0 Å². The Bertz CT molecular complexity index is 524. The molecule has 2 aromatic rings. The van der Waals surface area contributed by atoms with Crippen LogP contribution in [0.1, 0.15) is 22.0 Å². The van der Waals surface area contributed by atoms with Gasteiger partial charge in [-0.25, -0.2) is 0 Å². The summed E-state index contributed by atoms with van der Waals surface area (Å²) in [6.45, 7) is 1.99. The summed E-state index contributed by atoms with van der Waals surface area (Å²) in [6.07, 6.45) is 0.843. The molecule has 0 saturated carbocycles. The van der Waals surface area contributed by atoms with Crippen molar-refractivity contribution in [2.24, 2.45) is 5.73 Å². The van der Waals surface area contributed by atoms with Gasteiger partial charge >= 0.3 is 0 Å². The van der Waals surface area contributed by atoms with E-state index in [1.165, 1.54) is 4.88 Å². The van der Waals surface area contributed by atoms with Crippen LogP contribution in [0.3, 0.4) is 0 Å². The number of nitrogens with two attached hydrogens (primary N) is 1. The van der Waals surface area contributed by atoms with Crippen LogP contribution in [0, 0.1) is 6.92 Å². The number of aryl methyl sites for hydroxylation is 1. The summed E-state index contributed by atoms with van der Waals surface area (Å²) in [5, 5.41) is 0.783. The van der Waals surface area contributed by atoms with Crippen molar-refractivity contribution in [2.75, 3.05) is 0 Å². The maximum absolute atomic E-state index is 6.19. The smallest absolute Gasteiger partial charge is 0.0701 e. The van der Waals surface area contributed by atoms with E-state index in [4.69, 9.17) is 17.3 Å². The average molecular weight is 331 g/mol. The Hall–Kier alpha value is -0.350. The molecule has 2 N–H and O–H groups in total. The van der Waals surface area contributed by atoms with E-state index in [1.807, 2.05) is 19.1 Å². The average Bonchev–Trinajstić information content (AvgIpc) is 2.68. The van der Waals surface area contributed by atoms with Crippen molar-refractivity contribution in [3.05, 3.63) is 55.1 Å². The van der Waals surface area contributed by atoms with Gasteiger partial charge in [0.25, 0.3) is 0 Å². The van der Waals surface area contributed by atoms with Crippen molar-refractivity contribution < 1.29 is 0 Å². The Morgan fingerprint density at radius 1 is 1.35 bits per heavy atom. The first kappa shape index (κ1) is 13.1. The molecule has 0 bridgehead atoms. The lowest BCUT2D eigenvalue weighted by Gasteiger charge is -2.12. The molecule has 1 heterocycles. The van der Waals surface area contributed by atoms with Crippen LogP contribution in [0.2, 0.25) is 5.02 Å². The van der Waals surface area contributed by atoms with Gasteiger partial charge in [-0.15, -0.1) is 11.3 Å². The summed E-state index contributed by atoms with van der Waals surface area (Å²) in [7, 11) is 0. The van der Waals surface area contributed by atoms with Crippen molar-refractivity contribution in [2.45, 2.75) is 19.4 Å². The zero-order valence-corrected chi connectivity index (χ0v) is 12.6. The van der Waals surface area contributed by atoms with Crippen molar-refractivity contribution in [1.29, 1.82) is 0 Å². The Balaban J connectivity index is 2.14. The van der Waals surface area contributed by atoms with Crippen molar-refractivity contribution in [3.63, 3.8) is 0 Å². The van der Waals surface area contributed by atoms with Gasteiger partial charge in [0.2, 0.25) is 0 Å². The molecule has 4 heteroatoms. The molecule has 1 nitrogen and oxygen atoms in total. The fourth-order valence-electron chi connectivity index (χ4n) is 1.64. The molecule has 0 fully saturated rings.